The van der Waals surface area contributed by atoms with E-state index in [9.17, 15) is 53.9 Å². The molecule has 0 unspecified atom stereocenters. The van der Waals surface area contributed by atoms with Crippen molar-refractivity contribution in [1.82, 2.24) is 24.9 Å². The number of carbonyl (C=O) groups excluding carboxylic acids is 3. The van der Waals surface area contributed by atoms with Gasteiger partial charge < -0.3 is 15.0 Å². The molecule has 0 aliphatic carbocycles. The molecule has 8 nitrogen and oxygen atoms in total. The van der Waals surface area contributed by atoms with Crippen LogP contribution in [0.15, 0.2) is 36.7 Å². The van der Waals surface area contributed by atoms with Crippen molar-refractivity contribution >= 4 is 53.1 Å². The van der Waals surface area contributed by atoms with Gasteiger partial charge in [-0.05, 0) is 59.4 Å². The van der Waals surface area contributed by atoms with Crippen LogP contribution in [0.1, 0.15) is 53.8 Å². The number of aromatic nitrogens is 5. The van der Waals surface area contributed by atoms with Gasteiger partial charge in [0.05, 0.1) is 28.1 Å². The van der Waals surface area contributed by atoms with Crippen LogP contribution in [0.3, 0.4) is 0 Å². The third-order valence-corrected chi connectivity index (χ3v) is 10.4. The van der Waals surface area contributed by atoms with Gasteiger partial charge in [-0.15, -0.1) is 22.2 Å². The van der Waals surface area contributed by atoms with Crippen LogP contribution < -0.4 is 15.0 Å². The number of halogens is 15. The van der Waals surface area contributed by atoms with Crippen molar-refractivity contribution in [3.05, 3.63) is 163 Å². The SMILES string of the molecule is O=Cc1cc2[n-]c1c(-c1c(F)c(F)c(F)c(F)c1F)c1nc(c(-c3c(F)c(F)c(F)c(F)c3F)c3[n-]c(c(-c4c(F)c(F)c(F)c(F)c4F)c4[n-]c2c(C=O)c4C=O)CC3)C=C1.[Co+3].c1ccncc1. The normalized spacial score (nSPS) is 11.9. The van der Waals surface area contributed by atoms with E-state index in [2.05, 4.69) is 24.9 Å². The third-order valence-electron chi connectivity index (χ3n) is 10.4. The maximum absolute atomic E-state index is 15.8. The van der Waals surface area contributed by atoms with E-state index in [0.29, 0.717) is 18.2 Å². The molecule has 3 aromatic carbocycles. The summed E-state index contributed by atoms with van der Waals surface area (Å²) in [6.45, 7) is 0. The van der Waals surface area contributed by atoms with Gasteiger partial charge in [0.15, 0.2) is 69.8 Å². The van der Waals surface area contributed by atoms with E-state index in [1.807, 2.05) is 18.2 Å². The quantitative estimate of drug-likeness (QED) is 0.0699. The van der Waals surface area contributed by atoms with E-state index >= 15 is 26.3 Å². The predicted octanol–water partition coefficient (Wildman–Crippen LogP) is 10.7. The van der Waals surface area contributed by atoms with Crippen LogP contribution in [0.4, 0.5) is 65.9 Å². The molecule has 0 radical (unpaired) electrons. The Morgan fingerprint density at radius 3 is 1.20 bits per heavy atom. The molecule has 9 rings (SSSR count). The molecule has 0 N–H and O–H groups in total. The second-order valence-corrected chi connectivity index (χ2v) is 14.1. The van der Waals surface area contributed by atoms with E-state index in [4.69, 9.17) is 0 Å². The standard InChI is InChI=1S/C40H13F15N4O3.C5H5N.Co/c41-23-20(24(42)30(48)35(53)29(23)47)17-12-1-3-14(56-12)18(21-25(43)31(49)36(54)32(50)26(21)44)38-9(6-60)5-16(58-38)39-10(7-61)11(8-62)40(59-39)19(15-4-2-13(17)57-15)22-27(45)33(51)37(55)34(52)28(22)46;1-2-4-6-5-3-1;/h1,3,5-8H,2,4H2,(H3,56,57,58,59,60,61,62);1-5H;/q;;+3/p-3. The summed E-state index contributed by atoms with van der Waals surface area (Å²) in [7, 11) is 0. The average molecular weight is 1020 g/mol. The Hall–Kier alpha value is -7.73. The molecule has 2 aliphatic heterocycles. The van der Waals surface area contributed by atoms with Crippen molar-refractivity contribution in [2.24, 2.45) is 0 Å². The fourth-order valence-corrected chi connectivity index (χ4v) is 7.44. The molecule has 0 atom stereocenters. The van der Waals surface area contributed by atoms with Crippen molar-refractivity contribution in [2.75, 3.05) is 0 Å². The largest absolute Gasteiger partial charge is 3.00 e. The number of carbonyl (C=O) groups is 3. The van der Waals surface area contributed by atoms with Crippen molar-refractivity contribution in [3.63, 3.8) is 0 Å². The molecule has 4 aromatic heterocycles. The molecule has 0 amide bonds. The summed E-state index contributed by atoms with van der Waals surface area (Å²) in [5, 5.41) is 0. The molecule has 0 fully saturated rings. The molecule has 0 spiro atoms. The molecular formula is C45H15CoF15N5O3. The zero-order valence-electron chi connectivity index (χ0n) is 33.2. The Morgan fingerprint density at radius 2 is 0.797 bits per heavy atom. The van der Waals surface area contributed by atoms with Crippen LogP contribution in [0, 0.1) is 87.3 Å². The van der Waals surface area contributed by atoms with Gasteiger partial charge >= 0.3 is 16.8 Å². The number of benzene rings is 3. The number of nitrogens with zero attached hydrogens (tertiary/aromatic N) is 5. The maximum atomic E-state index is 15.8. The van der Waals surface area contributed by atoms with Crippen LogP contribution in [0.2, 0.25) is 0 Å². The molecule has 24 heteroatoms. The summed E-state index contributed by atoms with van der Waals surface area (Å²) in [5.74, 6) is -39.0. The average Bonchev–Trinajstić information content (AvgIpc) is 4.18. The molecule has 352 valence electrons. The number of hydrogen-bond donors (Lipinski definition) is 0. The Balaban J connectivity index is 0.000000933. The van der Waals surface area contributed by atoms with Crippen LogP contribution in [-0.2, 0) is 29.6 Å². The number of hydrogen-bond acceptors (Lipinski definition) is 5. The number of aryl methyl sites for hydroxylation is 2. The van der Waals surface area contributed by atoms with Crippen molar-refractivity contribution in [1.29, 1.82) is 0 Å². The first kappa shape index (κ1) is 49.2. The first-order valence-corrected chi connectivity index (χ1v) is 18.7. The van der Waals surface area contributed by atoms with Crippen LogP contribution in [0.25, 0.3) is 67.6 Å². The predicted molar refractivity (Wildman–Crippen MR) is 207 cm³/mol. The molecule has 0 saturated heterocycles. The fraction of sp³-hybridized carbons (Fsp3) is 0.0444. The van der Waals surface area contributed by atoms with Gasteiger partial charge in [-0.25, -0.2) is 70.8 Å². The monoisotopic (exact) mass is 1020 g/mol. The summed E-state index contributed by atoms with van der Waals surface area (Å²) in [6, 6.07) is 6.37. The minimum Gasteiger partial charge on any atom is -0.664 e. The zero-order valence-corrected chi connectivity index (χ0v) is 34.3. The van der Waals surface area contributed by atoms with Crippen LogP contribution >= 0.6 is 0 Å². The zero-order chi connectivity index (χ0) is 49.2. The molecule has 2 aliphatic rings. The van der Waals surface area contributed by atoms with Crippen molar-refractivity contribution in [3.8, 4) is 33.4 Å². The summed E-state index contributed by atoms with van der Waals surface area (Å²) < 4.78 is 226. The van der Waals surface area contributed by atoms with Gasteiger partial charge in [0.25, 0.3) is 0 Å². The molecule has 7 aromatic rings. The maximum Gasteiger partial charge on any atom is 3.00 e. The van der Waals surface area contributed by atoms with E-state index in [1.54, 1.807) is 12.4 Å². The molecule has 69 heavy (non-hydrogen) atoms. The van der Waals surface area contributed by atoms with Crippen molar-refractivity contribution in [2.45, 2.75) is 12.8 Å². The molecule has 0 saturated carbocycles. The second-order valence-electron chi connectivity index (χ2n) is 14.1. The smallest absolute Gasteiger partial charge is 0.664 e. The number of rotatable bonds is 6. The topological polar surface area (TPSA) is 119 Å². The van der Waals surface area contributed by atoms with E-state index in [0.717, 1.165) is 0 Å². The van der Waals surface area contributed by atoms with E-state index < -0.39 is 195 Å². The first-order valence-electron chi connectivity index (χ1n) is 18.7. The number of fused-ring (bicyclic) bond motifs is 9. The number of pyridine rings is 1. The van der Waals surface area contributed by atoms with Gasteiger partial charge in [-0.1, -0.05) is 12.1 Å². The number of aldehydes is 3. The van der Waals surface area contributed by atoms with Crippen LogP contribution in [-0.4, -0.2) is 28.8 Å². The van der Waals surface area contributed by atoms with Gasteiger partial charge in [0.2, 0.25) is 17.5 Å². The van der Waals surface area contributed by atoms with Gasteiger partial charge in [0, 0.05) is 23.5 Å². The third kappa shape index (κ3) is 7.77. The summed E-state index contributed by atoms with van der Waals surface area (Å²) in [5.41, 5.74) is -19.7. The minimum atomic E-state index is -2.69. The van der Waals surface area contributed by atoms with E-state index in [1.165, 1.54) is 0 Å². The minimum absolute atomic E-state index is 0. The van der Waals surface area contributed by atoms with Gasteiger partial charge in [-0.3, -0.25) is 19.4 Å². The summed E-state index contributed by atoms with van der Waals surface area (Å²) in [6.07, 6.45) is 2.69. The second kappa shape index (κ2) is 18.7. The van der Waals surface area contributed by atoms with Gasteiger partial charge in [-0.2, -0.15) is 11.2 Å². The summed E-state index contributed by atoms with van der Waals surface area (Å²) in [4.78, 5) is 57.6. The molecular weight excluding hydrogens is 1000 g/mol. The van der Waals surface area contributed by atoms with Gasteiger partial charge in [0.1, 0.15) is 18.9 Å². The molecule has 6 heterocycles. The van der Waals surface area contributed by atoms with Crippen LogP contribution in [0.5, 0.6) is 0 Å². The fourth-order valence-electron chi connectivity index (χ4n) is 7.44. The Labute approximate surface area is 383 Å². The van der Waals surface area contributed by atoms with Crippen molar-refractivity contribution < 1.29 is 97.0 Å². The summed E-state index contributed by atoms with van der Waals surface area (Å²) >= 11 is 0. The Bertz CT molecular complexity index is 3440. The first-order chi connectivity index (χ1) is 32.4. The Kier molecular flexibility index (Phi) is 13.4. The van der Waals surface area contributed by atoms with E-state index in [-0.39, 0.29) is 35.6 Å². The molecule has 8 bridgehead atoms. The Morgan fingerprint density at radius 1 is 0.406 bits per heavy atom.